The van der Waals surface area contributed by atoms with Crippen LogP contribution in [-0.4, -0.2) is 21.4 Å². The first-order valence-corrected chi connectivity index (χ1v) is 7.89. The summed E-state index contributed by atoms with van der Waals surface area (Å²) in [5, 5.41) is 0. The minimum Gasteiger partial charge on any atom is -0.372 e. The summed E-state index contributed by atoms with van der Waals surface area (Å²) in [6.45, 7) is 1.15. The van der Waals surface area contributed by atoms with E-state index in [0.29, 0.717) is 18.8 Å². The third-order valence-electron chi connectivity index (χ3n) is 4.14. The molecule has 4 rings (SSSR count). The Morgan fingerprint density at radius 3 is 2.84 bits per heavy atom. The van der Waals surface area contributed by atoms with E-state index in [4.69, 9.17) is 4.74 Å². The maximum absolute atomic E-state index is 12.2. The summed E-state index contributed by atoms with van der Waals surface area (Å²) >= 11 is 0. The third kappa shape index (κ3) is 3.09. The Bertz CT molecular complexity index is 964. The van der Waals surface area contributed by atoms with Crippen molar-refractivity contribution < 1.29 is 14.3 Å². The maximum Gasteiger partial charge on any atom is 0.269 e. The van der Waals surface area contributed by atoms with Crippen LogP contribution in [0, 0.1) is 0 Å². The van der Waals surface area contributed by atoms with E-state index in [2.05, 4.69) is 15.8 Å². The molecule has 0 unspecified atom stereocenters. The molecular weight excluding hydrogens is 320 g/mol. The number of carbonyl (C=O) groups is 2. The van der Waals surface area contributed by atoms with Crippen LogP contribution in [0.5, 0.6) is 0 Å². The lowest BCUT2D eigenvalue weighted by atomic mass is 10.1. The monoisotopic (exact) mass is 336 g/mol. The number of amides is 2. The first-order chi connectivity index (χ1) is 12.2. The number of rotatable bonds is 3. The van der Waals surface area contributed by atoms with Gasteiger partial charge in [-0.3, -0.25) is 20.4 Å². The van der Waals surface area contributed by atoms with Crippen molar-refractivity contribution in [2.45, 2.75) is 19.8 Å². The number of nitrogens with zero attached hydrogens (tertiary/aromatic N) is 2. The number of para-hydroxylation sites is 2. The minimum atomic E-state index is -0.362. The van der Waals surface area contributed by atoms with Crippen molar-refractivity contribution in [3.8, 4) is 0 Å². The maximum atomic E-state index is 12.2. The summed E-state index contributed by atoms with van der Waals surface area (Å²) in [5.41, 5.74) is 9.13. The van der Waals surface area contributed by atoms with Gasteiger partial charge < -0.3 is 9.30 Å². The molecule has 0 atom stereocenters. The number of ether oxygens (including phenoxy) is 1. The van der Waals surface area contributed by atoms with Gasteiger partial charge in [-0.05, 0) is 35.4 Å². The molecule has 2 amide bonds. The molecule has 1 aliphatic heterocycles. The highest BCUT2D eigenvalue weighted by atomic mass is 16.5. The molecule has 1 aliphatic rings. The average molecular weight is 336 g/mol. The minimum absolute atomic E-state index is 0.0683. The number of hydrazine groups is 1. The zero-order valence-electron chi connectivity index (χ0n) is 13.4. The predicted molar refractivity (Wildman–Crippen MR) is 90.3 cm³/mol. The van der Waals surface area contributed by atoms with Crippen LogP contribution >= 0.6 is 0 Å². The molecule has 2 heterocycles. The molecular formula is C18H16N4O3. The Kier molecular flexibility index (Phi) is 3.91. The number of benzene rings is 2. The van der Waals surface area contributed by atoms with E-state index >= 15 is 0 Å². The fourth-order valence-corrected chi connectivity index (χ4v) is 2.84. The van der Waals surface area contributed by atoms with E-state index in [1.807, 2.05) is 30.3 Å². The highest BCUT2D eigenvalue weighted by Crippen LogP contribution is 2.20. The van der Waals surface area contributed by atoms with Gasteiger partial charge in [0.2, 0.25) is 0 Å². The van der Waals surface area contributed by atoms with Crippen molar-refractivity contribution >= 4 is 22.8 Å². The average Bonchev–Trinajstić information content (AvgIpc) is 3.26. The van der Waals surface area contributed by atoms with Gasteiger partial charge in [-0.25, -0.2) is 4.98 Å². The number of fused-ring (bicyclic) bond motifs is 2. The largest absolute Gasteiger partial charge is 0.372 e. The Morgan fingerprint density at radius 1 is 1.08 bits per heavy atom. The number of aromatic nitrogens is 2. The molecule has 126 valence electrons. The topological polar surface area (TPSA) is 85.3 Å². The van der Waals surface area contributed by atoms with Crippen LogP contribution in [-0.2, 0) is 29.3 Å². The SMILES string of the molecule is O=C(Cn1cnc2ccccc21)NNC(=O)c1ccc2c(c1)COC2. The molecule has 0 radical (unpaired) electrons. The van der Waals surface area contributed by atoms with Crippen molar-refractivity contribution in [2.24, 2.45) is 0 Å². The lowest BCUT2D eigenvalue weighted by Crippen LogP contribution is -2.43. The van der Waals surface area contributed by atoms with E-state index < -0.39 is 0 Å². The molecule has 3 aromatic rings. The van der Waals surface area contributed by atoms with E-state index in [1.165, 1.54) is 0 Å². The van der Waals surface area contributed by atoms with E-state index in [9.17, 15) is 9.59 Å². The molecule has 0 fully saturated rings. The zero-order valence-corrected chi connectivity index (χ0v) is 13.4. The molecule has 0 saturated carbocycles. The summed E-state index contributed by atoms with van der Waals surface area (Å²) < 4.78 is 7.06. The van der Waals surface area contributed by atoms with Gasteiger partial charge in [0.25, 0.3) is 11.8 Å². The normalized spacial score (nSPS) is 12.8. The van der Waals surface area contributed by atoms with Crippen molar-refractivity contribution in [1.82, 2.24) is 20.4 Å². The molecule has 7 heteroatoms. The smallest absolute Gasteiger partial charge is 0.269 e. The highest BCUT2D eigenvalue weighted by Gasteiger charge is 2.15. The molecule has 25 heavy (non-hydrogen) atoms. The lowest BCUT2D eigenvalue weighted by Gasteiger charge is -2.09. The summed E-state index contributed by atoms with van der Waals surface area (Å²) in [6, 6.07) is 12.9. The van der Waals surface area contributed by atoms with Crippen molar-refractivity contribution in [3.63, 3.8) is 0 Å². The Morgan fingerprint density at radius 2 is 1.92 bits per heavy atom. The van der Waals surface area contributed by atoms with Crippen molar-refractivity contribution in [2.75, 3.05) is 0 Å². The van der Waals surface area contributed by atoms with Crippen molar-refractivity contribution in [3.05, 3.63) is 65.5 Å². The molecule has 0 saturated heterocycles. The Hall–Kier alpha value is -3.19. The van der Waals surface area contributed by atoms with E-state index in [1.54, 1.807) is 23.0 Å². The number of hydrogen-bond donors (Lipinski definition) is 2. The third-order valence-corrected chi connectivity index (χ3v) is 4.14. The molecule has 2 N–H and O–H groups in total. The second-order valence-corrected chi connectivity index (χ2v) is 5.84. The number of nitrogens with one attached hydrogen (secondary N) is 2. The lowest BCUT2D eigenvalue weighted by molar-refractivity contribution is -0.122. The molecule has 0 spiro atoms. The van der Waals surface area contributed by atoms with Gasteiger partial charge in [-0.15, -0.1) is 0 Å². The summed E-state index contributed by atoms with van der Waals surface area (Å²) in [6.07, 6.45) is 1.60. The van der Waals surface area contributed by atoms with Crippen LogP contribution in [0.2, 0.25) is 0 Å². The molecule has 0 aliphatic carbocycles. The number of carbonyl (C=O) groups excluding carboxylic acids is 2. The van der Waals surface area contributed by atoms with Crippen LogP contribution in [0.15, 0.2) is 48.8 Å². The second-order valence-electron chi connectivity index (χ2n) is 5.84. The van der Waals surface area contributed by atoms with Gasteiger partial charge in [0, 0.05) is 5.56 Å². The van der Waals surface area contributed by atoms with Crippen LogP contribution < -0.4 is 10.9 Å². The van der Waals surface area contributed by atoms with Crippen LogP contribution in [0.1, 0.15) is 21.5 Å². The van der Waals surface area contributed by atoms with Crippen LogP contribution in [0.3, 0.4) is 0 Å². The van der Waals surface area contributed by atoms with Gasteiger partial charge in [0.1, 0.15) is 6.54 Å². The molecule has 2 aromatic carbocycles. The number of imidazole rings is 1. The highest BCUT2D eigenvalue weighted by molar-refractivity contribution is 5.95. The second kappa shape index (κ2) is 6.37. The molecule has 0 bridgehead atoms. The predicted octanol–water partition coefficient (Wildman–Crippen LogP) is 1.53. The van der Waals surface area contributed by atoms with Crippen LogP contribution in [0.25, 0.3) is 11.0 Å². The van der Waals surface area contributed by atoms with E-state index in [0.717, 1.165) is 22.2 Å². The molecule has 7 nitrogen and oxygen atoms in total. The van der Waals surface area contributed by atoms with Gasteiger partial charge in [0.05, 0.1) is 30.6 Å². The van der Waals surface area contributed by atoms with Gasteiger partial charge >= 0.3 is 0 Å². The fourth-order valence-electron chi connectivity index (χ4n) is 2.84. The first kappa shape index (κ1) is 15.3. The quantitative estimate of drug-likeness (QED) is 0.710. The summed E-state index contributed by atoms with van der Waals surface area (Å²) in [4.78, 5) is 28.5. The van der Waals surface area contributed by atoms with Gasteiger partial charge in [0.15, 0.2) is 0 Å². The number of hydrogen-bond acceptors (Lipinski definition) is 4. The van der Waals surface area contributed by atoms with E-state index in [-0.39, 0.29) is 18.4 Å². The summed E-state index contributed by atoms with van der Waals surface area (Å²) in [7, 11) is 0. The zero-order chi connectivity index (χ0) is 17.2. The Labute approximate surface area is 143 Å². The summed E-state index contributed by atoms with van der Waals surface area (Å²) in [5.74, 6) is -0.695. The fraction of sp³-hybridized carbons (Fsp3) is 0.167. The van der Waals surface area contributed by atoms with Crippen molar-refractivity contribution in [1.29, 1.82) is 0 Å². The molecule has 1 aromatic heterocycles. The standard InChI is InChI=1S/C18H16N4O3/c23-17(8-22-11-19-15-3-1-2-4-16(15)22)20-21-18(24)12-5-6-13-9-25-10-14(13)7-12/h1-7,11H,8-10H2,(H,20,23)(H,21,24). The Balaban J connectivity index is 1.37. The van der Waals surface area contributed by atoms with Gasteiger partial charge in [-0.2, -0.15) is 0 Å². The van der Waals surface area contributed by atoms with Gasteiger partial charge in [-0.1, -0.05) is 18.2 Å². The first-order valence-electron chi connectivity index (χ1n) is 7.89. The van der Waals surface area contributed by atoms with Crippen LogP contribution in [0.4, 0.5) is 0 Å².